The lowest BCUT2D eigenvalue weighted by Gasteiger charge is -2.36. The molecule has 3 heterocycles. The fourth-order valence-electron chi connectivity index (χ4n) is 4.74. The molecule has 2 N–H and O–H groups in total. The van der Waals surface area contributed by atoms with Crippen molar-refractivity contribution < 1.29 is 9.72 Å². The zero-order chi connectivity index (χ0) is 22.3. The molecule has 2 aliphatic rings. The van der Waals surface area contributed by atoms with Gasteiger partial charge in [-0.1, -0.05) is 32.0 Å². The summed E-state index contributed by atoms with van der Waals surface area (Å²) in [5.74, 6) is -1.80. The molecule has 10 heteroatoms. The fraction of sp³-hybridized carbons (Fsp3) is 0.429. The number of amides is 1. The molecule has 2 aliphatic heterocycles. The van der Waals surface area contributed by atoms with Crippen LogP contribution in [0.2, 0.25) is 0 Å². The number of nitrogens with zero attached hydrogens (tertiary/aromatic N) is 4. The highest BCUT2D eigenvalue weighted by Gasteiger charge is 2.43. The number of fused-ring (bicyclic) bond motifs is 1. The van der Waals surface area contributed by atoms with Crippen molar-refractivity contribution in [1.29, 1.82) is 5.26 Å². The van der Waals surface area contributed by atoms with Gasteiger partial charge in [0.1, 0.15) is 11.7 Å². The molecule has 2 aromatic rings. The smallest absolute Gasteiger partial charge is 0.273 e. The molecule has 0 aliphatic carbocycles. The molecule has 31 heavy (non-hydrogen) atoms. The standard InChI is InChI=1S/C21H22N6O4/c1-11-7-12(2)10-26(9-11)21-24-18-17(20(29)25-21)16(14(8-22)19(28)23-18)13-5-3-4-6-15(13)27(30)31/h3-6,11-12,14,16H,7,9-10H2,1-2H3,(H2,23,24,25,28,29). The van der Waals surface area contributed by atoms with Crippen molar-refractivity contribution in [3.8, 4) is 6.07 Å². The van der Waals surface area contributed by atoms with Crippen LogP contribution in [0.15, 0.2) is 29.1 Å². The Kier molecular flexibility index (Phi) is 5.19. The Morgan fingerprint density at radius 2 is 1.90 bits per heavy atom. The minimum Gasteiger partial charge on any atom is -0.342 e. The van der Waals surface area contributed by atoms with Gasteiger partial charge in [-0.2, -0.15) is 10.2 Å². The van der Waals surface area contributed by atoms with Gasteiger partial charge in [0, 0.05) is 30.6 Å². The lowest BCUT2D eigenvalue weighted by atomic mass is 9.78. The number of nitro groups is 1. The summed E-state index contributed by atoms with van der Waals surface area (Å²) in [6.07, 6.45) is 1.08. The third-order valence-corrected chi connectivity index (χ3v) is 5.89. The Bertz CT molecular complexity index is 1140. The zero-order valence-corrected chi connectivity index (χ0v) is 17.2. The van der Waals surface area contributed by atoms with Crippen molar-refractivity contribution in [3.05, 3.63) is 55.9 Å². The van der Waals surface area contributed by atoms with Crippen molar-refractivity contribution in [2.45, 2.75) is 26.2 Å². The second-order valence-corrected chi connectivity index (χ2v) is 8.39. The van der Waals surface area contributed by atoms with Crippen molar-refractivity contribution in [2.75, 3.05) is 23.3 Å². The van der Waals surface area contributed by atoms with Crippen LogP contribution in [-0.4, -0.2) is 33.9 Å². The summed E-state index contributed by atoms with van der Waals surface area (Å²) in [5.41, 5.74) is -0.581. The van der Waals surface area contributed by atoms with E-state index in [2.05, 4.69) is 29.1 Å². The molecule has 1 aromatic heterocycles. The van der Waals surface area contributed by atoms with Gasteiger partial charge in [-0.15, -0.1) is 0 Å². The Morgan fingerprint density at radius 1 is 1.23 bits per heavy atom. The number of piperidine rings is 1. The SMILES string of the molecule is CC1CC(C)CN(c2nc3c(c(=O)[nH]2)C(c2ccccc2[N+](=O)[O-])C(C#N)C(=O)N3)C1. The third kappa shape index (κ3) is 3.63. The summed E-state index contributed by atoms with van der Waals surface area (Å²) in [7, 11) is 0. The first kappa shape index (κ1) is 20.5. The molecule has 0 bridgehead atoms. The number of hydrogen-bond acceptors (Lipinski definition) is 7. The summed E-state index contributed by atoms with van der Waals surface area (Å²) < 4.78 is 0. The van der Waals surface area contributed by atoms with E-state index < -0.39 is 28.2 Å². The minimum absolute atomic E-state index is 0.0456. The van der Waals surface area contributed by atoms with Crippen LogP contribution in [0.25, 0.3) is 0 Å². The van der Waals surface area contributed by atoms with Crippen LogP contribution in [0, 0.1) is 39.2 Å². The Morgan fingerprint density at radius 3 is 2.55 bits per heavy atom. The molecular formula is C21H22N6O4. The van der Waals surface area contributed by atoms with E-state index in [0.29, 0.717) is 30.9 Å². The number of nitro benzene ring substituents is 1. The van der Waals surface area contributed by atoms with E-state index in [9.17, 15) is 25.0 Å². The Labute approximate surface area is 178 Å². The van der Waals surface area contributed by atoms with E-state index in [-0.39, 0.29) is 22.6 Å². The lowest BCUT2D eigenvalue weighted by Crippen LogP contribution is -2.43. The fourth-order valence-corrected chi connectivity index (χ4v) is 4.74. The molecule has 4 rings (SSSR count). The molecule has 0 radical (unpaired) electrons. The van der Waals surface area contributed by atoms with Crippen molar-refractivity contribution in [1.82, 2.24) is 9.97 Å². The lowest BCUT2D eigenvalue weighted by molar-refractivity contribution is -0.385. The predicted molar refractivity (Wildman–Crippen MR) is 113 cm³/mol. The maximum atomic E-state index is 13.2. The van der Waals surface area contributed by atoms with Crippen LogP contribution in [0.4, 0.5) is 17.5 Å². The average Bonchev–Trinajstić information content (AvgIpc) is 2.71. The molecule has 1 aromatic carbocycles. The van der Waals surface area contributed by atoms with Gasteiger partial charge in [0.2, 0.25) is 11.9 Å². The summed E-state index contributed by atoms with van der Waals surface area (Å²) >= 11 is 0. The normalized spacial score (nSPS) is 25.3. The number of aromatic nitrogens is 2. The first-order valence-corrected chi connectivity index (χ1v) is 10.1. The molecule has 4 atom stereocenters. The van der Waals surface area contributed by atoms with Crippen molar-refractivity contribution in [3.63, 3.8) is 0 Å². The number of H-pyrrole nitrogens is 1. The molecule has 4 unspecified atom stereocenters. The van der Waals surface area contributed by atoms with Crippen LogP contribution in [0.1, 0.15) is 37.3 Å². The van der Waals surface area contributed by atoms with Crippen LogP contribution < -0.4 is 15.8 Å². The second-order valence-electron chi connectivity index (χ2n) is 8.39. The molecule has 0 saturated carbocycles. The average molecular weight is 422 g/mol. The molecule has 1 saturated heterocycles. The number of carbonyl (C=O) groups excluding carboxylic acids is 1. The first-order chi connectivity index (χ1) is 14.8. The van der Waals surface area contributed by atoms with E-state index in [4.69, 9.17) is 0 Å². The highest BCUT2D eigenvalue weighted by Crippen LogP contribution is 2.41. The quantitative estimate of drug-likeness (QED) is 0.570. The number of nitrogens with one attached hydrogen (secondary N) is 2. The number of anilines is 2. The van der Waals surface area contributed by atoms with Gasteiger partial charge in [-0.05, 0) is 18.3 Å². The van der Waals surface area contributed by atoms with E-state index in [1.54, 1.807) is 6.07 Å². The molecule has 1 amide bonds. The number of para-hydroxylation sites is 1. The Hall–Kier alpha value is -3.74. The van der Waals surface area contributed by atoms with E-state index in [1.165, 1.54) is 18.2 Å². The number of rotatable bonds is 3. The van der Waals surface area contributed by atoms with Gasteiger partial charge in [-0.3, -0.25) is 24.7 Å². The number of hydrogen-bond donors (Lipinski definition) is 2. The molecule has 1 fully saturated rings. The number of nitriles is 1. The molecule has 0 spiro atoms. The second kappa shape index (κ2) is 7.83. The van der Waals surface area contributed by atoms with Gasteiger partial charge in [0.15, 0.2) is 0 Å². The highest BCUT2D eigenvalue weighted by molar-refractivity contribution is 5.98. The maximum Gasteiger partial charge on any atom is 0.273 e. The summed E-state index contributed by atoms with van der Waals surface area (Å²) in [5, 5.41) is 23.8. The van der Waals surface area contributed by atoms with Gasteiger partial charge >= 0.3 is 0 Å². The van der Waals surface area contributed by atoms with Crippen LogP contribution in [-0.2, 0) is 4.79 Å². The highest BCUT2D eigenvalue weighted by atomic mass is 16.6. The number of benzene rings is 1. The van der Waals surface area contributed by atoms with E-state index in [1.807, 2.05) is 11.0 Å². The third-order valence-electron chi connectivity index (χ3n) is 5.89. The topological polar surface area (TPSA) is 145 Å². The van der Waals surface area contributed by atoms with Gasteiger partial charge in [0.05, 0.1) is 16.6 Å². The van der Waals surface area contributed by atoms with Crippen molar-refractivity contribution in [2.24, 2.45) is 17.8 Å². The zero-order valence-electron chi connectivity index (χ0n) is 17.2. The maximum absolute atomic E-state index is 13.2. The molecule has 10 nitrogen and oxygen atoms in total. The Balaban J connectivity index is 1.87. The predicted octanol–water partition coefficient (Wildman–Crippen LogP) is 2.38. The van der Waals surface area contributed by atoms with Gasteiger partial charge in [-0.25, -0.2) is 0 Å². The number of aromatic amines is 1. The summed E-state index contributed by atoms with van der Waals surface area (Å²) in [6.45, 7) is 5.69. The minimum atomic E-state index is -1.29. The van der Waals surface area contributed by atoms with Crippen LogP contribution in [0.3, 0.4) is 0 Å². The molecule has 160 valence electrons. The molecular weight excluding hydrogens is 400 g/mol. The van der Waals surface area contributed by atoms with Crippen LogP contribution >= 0.6 is 0 Å². The van der Waals surface area contributed by atoms with E-state index in [0.717, 1.165) is 6.42 Å². The van der Waals surface area contributed by atoms with Crippen molar-refractivity contribution >= 4 is 23.4 Å². The number of carbonyl (C=O) groups is 1. The van der Waals surface area contributed by atoms with Crippen LogP contribution in [0.5, 0.6) is 0 Å². The summed E-state index contributed by atoms with van der Waals surface area (Å²) in [6, 6.07) is 7.74. The monoisotopic (exact) mass is 422 g/mol. The van der Waals surface area contributed by atoms with Gasteiger partial charge in [0.25, 0.3) is 11.2 Å². The first-order valence-electron chi connectivity index (χ1n) is 10.1. The largest absolute Gasteiger partial charge is 0.342 e. The summed E-state index contributed by atoms with van der Waals surface area (Å²) in [4.78, 5) is 46.1. The van der Waals surface area contributed by atoms with Gasteiger partial charge < -0.3 is 10.2 Å². The van der Waals surface area contributed by atoms with E-state index >= 15 is 0 Å².